The van der Waals surface area contributed by atoms with Gasteiger partial charge in [-0.25, -0.2) is 13.8 Å². The Morgan fingerprint density at radius 1 is 1.19 bits per heavy atom. The molecule has 0 spiro atoms. The normalized spacial score (nSPS) is 16.6. The molecule has 1 aliphatic carbocycles. The molecule has 0 bridgehead atoms. The molecule has 0 aliphatic heterocycles. The minimum Gasteiger partial charge on any atom is -0.384 e. The van der Waals surface area contributed by atoms with Crippen LogP contribution in [-0.2, 0) is 11.3 Å². The zero-order valence-electron chi connectivity index (χ0n) is 18.4. The fourth-order valence-corrected chi connectivity index (χ4v) is 3.97. The third-order valence-corrected chi connectivity index (χ3v) is 5.52. The van der Waals surface area contributed by atoms with E-state index in [1.165, 1.54) is 6.92 Å². The number of para-hydroxylation sites is 1. The second-order valence-corrected chi connectivity index (χ2v) is 9.19. The first-order valence-corrected chi connectivity index (χ1v) is 10.9. The first-order chi connectivity index (χ1) is 15.1. The van der Waals surface area contributed by atoms with Crippen molar-refractivity contribution < 1.29 is 13.6 Å². The van der Waals surface area contributed by atoms with E-state index in [4.69, 9.17) is 12.2 Å². The Hall–Kier alpha value is -2.87. The van der Waals surface area contributed by atoms with Gasteiger partial charge in [0.05, 0.1) is 11.6 Å². The van der Waals surface area contributed by atoms with Gasteiger partial charge in [0.2, 0.25) is 0 Å². The van der Waals surface area contributed by atoms with Crippen molar-refractivity contribution in [2.24, 2.45) is 5.41 Å². The number of alkyl halides is 2. The van der Waals surface area contributed by atoms with Gasteiger partial charge in [0.1, 0.15) is 10.8 Å². The number of rotatable bonds is 8. The summed E-state index contributed by atoms with van der Waals surface area (Å²) in [6.07, 6.45) is 0.173. The molecular weight excluding hydrogens is 430 g/mol. The van der Waals surface area contributed by atoms with Crippen LogP contribution in [0.25, 0.3) is 0 Å². The summed E-state index contributed by atoms with van der Waals surface area (Å²) < 4.78 is 25.7. The summed E-state index contributed by atoms with van der Waals surface area (Å²) in [6, 6.07) is 12.0. The number of anilines is 2. The van der Waals surface area contributed by atoms with Crippen LogP contribution in [0.4, 0.5) is 20.3 Å². The number of benzene rings is 1. The third kappa shape index (κ3) is 6.32. The van der Waals surface area contributed by atoms with Gasteiger partial charge in [-0.05, 0) is 48.6 Å². The van der Waals surface area contributed by atoms with Crippen LogP contribution in [0.3, 0.4) is 0 Å². The van der Waals surface area contributed by atoms with E-state index in [0.717, 1.165) is 16.9 Å². The van der Waals surface area contributed by atoms with Gasteiger partial charge in [-0.2, -0.15) is 0 Å². The van der Waals surface area contributed by atoms with E-state index in [-0.39, 0.29) is 11.2 Å². The highest BCUT2D eigenvalue weighted by molar-refractivity contribution is 7.81. The average Bonchev–Trinajstić information content (AvgIpc) is 2.72. The number of ketones is 1. The van der Waals surface area contributed by atoms with Crippen LogP contribution in [0.15, 0.2) is 59.9 Å². The van der Waals surface area contributed by atoms with Crippen LogP contribution in [0.5, 0.6) is 0 Å². The maximum Gasteiger partial charge on any atom is 0.258 e. The van der Waals surface area contributed by atoms with Crippen molar-refractivity contribution in [2.45, 2.75) is 52.6 Å². The summed E-state index contributed by atoms with van der Waals surface area (Å²) >= 11 is 5.59. The zero-order valence-corrected chi connectivity index (χ0v) is 19.2. The lowest BCUT2D eigenvalue weighted by Crippen LogP contribution is -2.35. The largest absolute Gasteiger partial charge is 0.384 e. The molecule has 0 saturated carbocycles. The molecule has 1 aromatic carbocycles. The number of carbonyl (C=O) groups is 1. The lowest BCUT2D eigenvalue weighted by molar-refractivity contribution is -0.117. The number of carbonyl (C=O) groups excluding carboxylic acids is 1. The van der Waals surface area contributed by atoms with Crippen molar-refractivity contribution in [2.75, 3.05) is 10.6 Å². The number of thiocarbonyl (C=S) groups is 1. The van der Waals surface area contributed by atoms with Gasteiger partial charge in [0, 0.05) is 30.5 Å². The van der Waals surface area contributed by atoms with E-state index < -0.39 is 12.5 Å². The molecule has 32 heavy (non-hydrogen) atoms. The molecule has 0 fully saturated rings. The van der Waals surface area contributed by atoms with Crippen molar-refractivity contribution in [3.05, 3.63) is 65.5 Å². The molecule has 2 aromatic rings. The Bertz CT molecular complexity index is 1010. The highest BCUT2D eigenvalue weighted by Crippen LogP contribution is 2.36. The van der Waals surface area contributed by atoms with Crippen molar-refractivity contribution in [1.29, 1.82) is 0 Å². The van der Waals surface area contributed by atoms with Gasteiger partial charge >= 0.3 is 0 Å². The van der Waals surface area contributed by atoms with Crippen LogP contribution in [0.2, 0.25) is 0 Å². The summed E-state index contributed by atoms with van der Waals surface area (Å²) in [4.78, 5) is 17.5. The number of halogens is 2. The monoisotopic (exact) mass is 458 g/mol. The van der Waals surface area contributed by atoms with Gasteiger partial charge in [0.15, 0.2) is 5.78 Å². The Morgan fingerprint density at radius 2 is 1.91 bits per heavy atom. The zero-order chi connectivity index (χ0) is 23.3. The molecule has 5 nitrogen and oxygen atoms in total. The highest BCUT2D eigenvalue weighted by atomic mass is 32.1. The summed E-state index contributed by atoms with van der Waals surface area (Å²) in [6.45, 7) is 5.93. The van der Waals surface area contributed by atoms with E-state index in [0.29, 0.717) is 35.8 Å². The predicted molar refractivity (Wildman–Crippen MR) is 128 cm³/mol. The van der Waals surface area contributed by atoms with Gasteiger partial charge in [-0.3, -0.25) is 4.79 Å². The second kappa shape index (κ2) is 10.2. The fourth-order valence-electron chi connectivity index (χ4n) is 3.62. The van der Waals surface area contributed by atoms with Crippen LogP contribution < -0.4 is 16.0 Å². The number of nitrogens with one attached hydrogen (secondary N) is 3. The summed E-state index contributed by atoms with van der Waals surface area (Å²) in [5, 5.41) is 9.24. The van der Waals surface area contributed by atoms with Crippen molar-refractivity contribution >= 4 is 34.5 Å². The molecule has 3 N–H and O–H groups in total. The van der Waals surface area contributed by atoms with Crippen molar-refractivity contribution in [3.63, 3.8) is 0 Å². The summed E-state index contributed by atoms with van der Waals surface area (Å²) in [7, 11) is 0. The highest BCUT2D eigenvalue weighted by Gasteiger charge is 2.34. The van der Waals surface area contributed by atoms with Crippen molar-refractivity contribution in [3.8, 4) is 0 Å². The van der Waals surface area contributed by atoms with Crippen LogP contribution >= 0.6 is 12.2 Å². The SMILES string of the molecule is CC(Nc1cc(CNC2=C(C(=S)Nc3ccccc3)C(=O)CC(C)(C)C2)ccn1)C(F)F. The lowest BCUT2D eigenvalue weighted by atomic mass is 9.75. The quantitative estimate of drug-likeness (QED) is 0.466. The maximum atomic E-state index is 13.0. The van der Waals surface area contributed by atoms with E-state index in [2.05, 4.69) is 34.8 Å². The minimum atomic E-state index is -2.49. The van der Waals surface area contributed by atoms with Gasteiger partial charge < -0.3 is 16.0 Å². The standard InChI is InChI=1S/C24H28F2N4OS/c1-15(22(25)26)29-20-11-16(9-10-27-20)14-28-18-12-24(2,3)13-19(31)21(18)23(32)30-17-7-5-4-6-8-17/h4-11,15,22,28H,12-14H2,1-3H3,(H,27,29)(H,30,32). The molecule has 0 amide bonds. The second-order valence-electron chi connectivity index (χ2n) is 8.78. The molecule has 8 heteroatoms. The predicted octanol–water partition coefficient (Wildman–Crippen LogP) is 5.32. The molecule has 0 saturated heterocycles. The number of nitrogens with zero attached hydrogens (tertiary/aromatic N) is 1. The van der Waals surface area contributed by atoms with Gasteiger partial charge in [0.25, 0.3) is 6.43 Å². The molecule has 3 rings (SSSR count). The average molecular weight is 459 g/mol. The molecule has 1 aromatic heterocycles. The Balaban J connectivity index is 1.80. The Morgan fingerprint density at radius 3 is 2.59 bits per heavy atom. The first-order valence-electron chi connectivity index (χ1n) is 10.5. The number of hydrogen-bond acceptors (Lipinski definition) is 5. The summed E-state index contributed by atoms with van der Waals surface area (Å²) in [5.74, 6) is 0.382. The van der Waals surface area contributed by atoms with Gasteiger partial charge in [-0.1, -0.05) is 44.3 Å². The van der Waals surface area contributed by atoms with Crippen molar-refractivity contribution in [1.82, 2.24) is 10.3 Å². The van der Waals surface area contributed by atoms with Crippen LogP contribution in [-0.4, -0.2) is 28.2 Å². The third-order valence-electron chi connectivity index (χ3n) is 5.22. The molecule has 0 radical (unpaired) electrons. The smallest absolute Gasteiger partial charge is 0.258 e. The van der Waals surface area contributed by atoms with E-state index in [9.17, 15) is 13.6 Å². The minimum absolute atomic E-state index is 0.0000216. The number of hydrogen-bond donors (Lipinski definition) is 3. The molecule has 1 unspecified atom stereocenters. The maximum absolute atomic E-state index is 13.0. The van der Waals surface area contributed by atoms with Gasteiger partial charge in [-0.15, -0.1) is 0 Å². The Kier molecular flexibility index (Phi) is 7.56. The molecule has 1 atom stereocenters. The van der Waals surface area contributed by atoms with Crippen LogP contribution in [0, 0.1) is 5.41 Å². The Labute approximate surface area is 192 Å². The van der Waals surface area contributed by atoms with E-state index in [1.54, 1.807) is 12.3 Å². The number of allylic oxidation sites excluding steroid dienone is 1. The lowest BCUT2D eigenvalue weighted by Gasteiger charge is -2.33. The topological polar surface area (TPSA) is 66.0 Å². The fraction of sp³-hybridized carbons (Fsp3) is 0.375. The number of aromatic nitrogens is 1. The summed E-state index contributed by atoms with van der Waals surface area (Å²) in [5.41, 5.74) is 2.77. The number of Topliss-reactive ketones (excluding diaryl/α,β-unsaturated/α-hetero) is 1. The number of pyridine rings is 1. The molecule has 1 aliphatic rings. The molecular formula is C24H28F2N4OS. The van der Waals surface area contributed by atoms with Crippen LogP contribution in [0.1, 0.15) is 39.2 Å². The molecule has 1 heterocycles. The van der Waals surface area contributed by atoms with E-state index >= 15 is 0 Å². The molecule has 170 valence electrons. The van der Waals surface area contributed by atoms with E-state index in [1.807, 2.05) is 36.4 Å². The first kappa shape index (κ1) is 23.8.